The molecule has 2 fully saturated rings. The molecule has 4 N–H and O–H groups in total. The number of carbonyl (C=O) groups is 1. The van der Waals surface area contributed by atoms with Crippen LogP contribution in [0.15, 0.2) is 23.1 Å². The minimum absolute atomic E-state index is 0. The molecular formula is C17H26ClN3O3S. The van der Waals surface area contributed by atoms with Crippen LogP contribution in [0.4, 0.5) is 5.69 Å². The zero-order valence-corrected chi connectivity index (χ0v) is 16.0. The molecule has 0 bridgehead atoms. The number of nitrogens with two attached hydrogens (primary N) is 1. The van der Waals surface area contributed by atoms with Gasteiger partial charge in [-0.1, -0.05) is 12.5 Å². The number of halogens is 1. The zero-order valence-electron chi connectivity index (χ0n) is 14.3. The summed E-state index contributed by atoms with van der Waals surface area (Å²) in [5.41, 5.74) is 7.18. The minimum atomic E-state index is -3.54. The van der Waals surface area contributed by atoms with E-state index in [0.29, 0.717) is 17.7 Å². The number of nitrogens with one attached hydrogen (secondary N) is 2. The third kappa shape index (κ3) is 5.17. The summed E-state index contributed by atoms with van der Waals surface area (Å²) in [6.07, 6.45) is 5.17. The number of sulfonamides is 1. The van der Waals surface area contributed by atoms with Crippen LogP contribution in [0.5, 0.6) is 0 Å². The smallest absolute Gasteiger partial charge is 0.241 e. The van der Waals surface area contributed by atoms with Crippen molar-refractivity contribution in [1.29, 1.82) is 0 Å². The summed E-state index contributed by atoms with van der Waals surface area (Å²) in [6.45, 7) is 1.75. The quantitative estimate of drug-likeness (QED) is 0.697. The van der Waals surface area contributed by atoms with E-state index >= 15 is 0 Å². The molecule has 1 aromatic carbocycles. The number of hydrogen-bond acceptors (Lipinski definition) is 4. The summed E-state index contributed by atoms with van der Waals surface area (Å²) in [6, 6.07) is 5.13. The second-order valence-corrected chi connectivity index (χ2v) is 8.67. The van der Waals surface area contributed by atoms with Gasteiger partial charge in [-0.2, -0.15) is 0 Å². The second kappa shape index (κ2) is 8.03. The Bertz CT molecular complexity index is 735. The van der Waals surface area contributed by atoms with Crippen LogP contribution in [0, 0.1) is 12.8 Å². The first kappa shape index (κ1) is 20.2. The molecule has 8 heteroatoms. The monoisotopic (exact) mass is 387 g/mol. The number of rotatable bonds is 6. The Kier molecular flexibility index (Phi) is 6.48. The minimum Gasteiger partial charge on any atom is -0.327 e. The molecule has 0 radical (unpaired) electrons. The highest BCUT2D eigenvalue weighted by molar-refractivity contribution is 7.89. The van der Waals surface area contributed by atoms with Crippen molar-refractivity contribution in [3.8, 4) is 0 Å². The molecule has 25 heavy (non-hydrogen) atoms. The summed E-state index contributed by atoms with van der Waals surface area (Å²) in [4.78, 5) is 12.4. The molecule has 0 spiro atoms. The van der Waals surface area contributed by atoms with E-state index in [9.17, 15) is 13.2 Å². The number of anilines is 1. The Morgan fingerprint density at radius 2 is 1.96 bits per heavy atom. The number of hydrogen-bond donors (Lipinski definition) is 3. The molecule has 0 aliphatic heterocycles. The van der Waals surface area contributed by atoms with Gasteiger partial charge in [0.05, 0.1) is 4.90 Å². The van der Waals surface area contributed by atoms with Crippen LogP contribution in [0.1, 0.15) is 44.1 Å². The van der Waals surface area contributed by atoms with Crippen LogP contribution in [0.2, 0.25) is 0 Å². The lowest BCUT2D eigenvalue weighted by Gasteiger charge is -2.15. The van der Waals surface area contributed by atoms with Crippen molar-refractivity contribution in [1.82, 2.24) is 4.72 Å². The Morgan fingerprint density at radius 3 is 2.56 bits per heavy atom. The largest absolute Gasteiger partial charge is 0.327 e. The molecular weight excluding hydrogens is 362 g/mol. The summed E-state index contributed by atoms with van der Waals surface area (Å²) in [7, 11) is -3.54. The van der Waals surface area contributed by atoms with Gasteiger partial charge >= 0.3 is 0 Å². The SMILES string of the molecule is Cc1ccc(NC(=O)C[C@@H]2CCC[C@H]2N)cc1S(=O)(=O)NC1CC1.Cl. The highest BCUT2D eigenvalue weighted by atomic mass is 35.5. The molecule has 2 atom stereocenters. The normalized spacial score (nSPS) is 23.1. The van der Waals surface area contributed by atoms with Gasteiger partial charge < -0.3 is 11.1 Å². The van der Waals surface area contributed by atoms with Crippen LogP contribution in [-0.2, 0) is 14.8 Å². The van der Waals surface area contributed by atoms with Gasteiger partial charge in [-0.15, -0.1) is 12.4 Å². The Hall–Kier alpha value is -1.15. The van der Waals surface area contributed by atoms with Crippen molar-refractivity contribution in [2.45, 2.75) is 62.4 Å². The lowest BCUT2D eigenvalue weighted by Crippen LogP contribution is -2.28. The molecule has 2 aliphatic carbocycles. The summed E-state index contributed by atoms with van der Waals surface area (Å²) < 4.78 is 27.5. The molecule has 6 nitrogen and oxygen atoms in total. The van der Waals surface area contributed by atoms with E-state index in [0.717, 1.165) is 32.1 Å². The molecule has 0 saturated heterocycles. The maximum Gasteiger partial charge on any atom is 0.241 e. The molecule has 140 valence electrons. The zero-order chi connectivity index (χ0) is 17.3. The lowest BCUT2D eigenvalue weighted by atomic mass is 10.00. The third-order valence-corrected chi connectivity index (χ3v) is 6.49. The van der Waals surface area contributed by atoms with E-state index in [1.165, 1.54) is 6.07 Å². The maximum absolute atomic E-state index is 12.4. The van der Waals surface area contributed by atoms with Crippen molar-refractivity contribution in [3.05, 3.63) is 23.8 Å². The van der Waals surface area contributed by atoms with Gasteiger partial charge in [0.15, 0.2) is 0 Å². The van der Waals surface area contributed by atoms with E-state index in [2.05, 4.69) is 10.0 Å². The first-order chi connectivity index (χ1) is 11.3. The number of benzene rings is 1. The van der Waals surface area contributed by atoms with E-state index < -0.39 is 10.0 Å². The fraction of sp³-hybridized carbons (Fsp3) is 0.588. The van der Waals surface area contributed by atoms with Gasteiger partial charge in [-0.3, -0.25) is 4.79 Å². The predicted molar refractivity (Wildman–Crippen MR) is 100 cm³/mol. The fourth-order valence-electron chi connectivity index (χ4n) is 3.22. The van der Waals surface area contributed by atoms with E-state index in [1.807, 2.05) is 0 Å². The average molecular weight is 388 g/mol. The summed E-state index contributed by atoms with van der Waals surface area (Å²) in [5, 5.41) is 2.81. The van der Waals surface area contributed by atoms with Crippen molar-refractivity contribution in [2.75, 3.05) is 5.32 Å². The van der Waals surface area contributed by atoms with E-state index in [1.54, 1.807) is 19.1 Å². The topological polar surface area (TPSA) is 101 Å². The van der Waals surface area contributed by atoms with Gasteiger partial charge in [0, 0.05) is 24.2 Å². The highest BCUT2D eigenvalue weighted by Crippen LogP contribution is 2.28. The van der Waals surface area contributed by atoms with E-state index in [-0.39, 0.29) is 41.2 Å². The molecule has 1 amide bonds. The molecule has 2 aliphatic rings. The van der Waals surface area contributed by atoms with Crippen LogP contribution >= 0.6 is 12.4 Å². The Balaban J connectivity index is 0.00000225. The number of aryl methyl sites for hydroxylation is 1. The first-order valence-electron chi connectivity index (χ1n) is 8.53. The molecule has 3 rings (SSSR count). The molecule has 0 aromatic heterocycles. The number of carbonyl (C=O) groups excluding carboxylic acids is 1. The van der Waals surface area contributed by atoms with Crippen molar-refractivity contribution < 1.29 is 13.2 Å². The van der Waals surface area contributed by atoms with Gasteiger partial charge in [0.25, 0.3) is 0 Å². The fourth-order valence-corrected chi connectivity index (χ4v) is 4.80. The Morgan fingerprint density at radius 1 is 1.24 bits per heavy atom. The van der Waals surface area contributed by atoms with Gasteiger partial charge in [-0.25, -0.2) is 13.1 Å². The van der Waals surface area contributed by atoms with Crippen LogP contribution in [0.25, 0.3) is 0 Å². The van der Waals surface area contributed by atoms with Crippen molar-refractivity contribution >= 4 is 34.0 Å². The third-order valence-electron chi connectivity index (χ3n) is 4.83. The lowest BCUT2D eigenvalue weighted by molar-refractivity contribution is -0.117. The van der Waals surface area contributed by atoms with Gasteiger partial charge in [-0.05, 0) is 56.2 Å². The van der Waals surface area contributed by atoms with Gasteiger partial charge in [0.2, 0.25) is 15.9 Å². The first-order valence-corrected chi connectivity index (χ1v) is 10.0. The van der Waals surface area contributed by atoms with Crippen LogP contribution < -0.4 is 15.8 Å². The van der Waals surface area contributed by atoms with Crippen LogP contribution in [0.3, 0.4) is 0 Å². The second-order valence-electron chi connectivity index (χ2n) is 6.98. The maximum atomic E-state index is 12.4. The van der Waals surface area contributed by atoms with Crippen LogP contribution in [-0.4, -0.2) is 26.4 Å². The highest BCUT2D eigenvalue weighted by Gasteiger charge is 2.29. The number of amides is 1. The molecule has 1 aromatic rings. The van der Waals surface area contributed by atoms with Gasteiger partial charge in [0.1, 0.15) is 0 Å². The molecule has 0 unspecified atom stereocenters. The summed E-state index contributed by atoms with van der Waals surface area (Å²) in [5.74, 6) is 0.106. The molecule has 2 saturated carbocycles. The predicted octanol–water partition coefficient (Wildman–Crippen LogP) is 2.31. The van der Waals surface area contributed by atoms with Crippen molar-refractivity contribution in [2.24, 2.45) is 11.7 Å². The molecule has 0 heterocycles. The summed E-state index contributed by atoms with van der Waals surface area (Å²) >= 11 is 0. The average Bonchev–Trinajstić information content (AvgIpc) is 3.22. The standard InChI is InChI=1S/C17H25N3O3S.ClH/c1-11-5-6-14(10-16(11)24(22,23)20-13-7-8-13)19-17(21)9-12-3-2-4-15(12)18;/h5-6,10,12-13,15,20H,2-4,7-9,18H2,1H3,(H,19,21);1H/t12-,15+;/m0./s1. The van der Waals surface area contributed by atoms with E-state index in [4.69, 9.17) is 5.73 Å². The van der Waals surface area contributed by atoms with Crippen molar-refractivity contribution in [3.63, 3.8) is 0 Å². The Labute approximate surface area is 155 Å².